The fraction of sp³-hybridized carbons (Fsp3) is 0.222. The normalized spacial score (nSPS) is 10.7. The molecule has 3 rings (SSSR count). The SMILES string of the molecule is Cc1nn(C)c(C)c1-c1ccc(C(=O)NCc2ccccc2)s1. The first-order valence-corrected chi connectivity index (χ1v) is 8.30. The Hall–Kier alpha value is -2.40. The van der Waals surface area contributed by atoms with E-state index >= 15 is 0 Å². The highest BCUT2D eigenvalue weighted by Gasteiger charge is 2.16. The second kappa shape index (κ2) is 6.38. The average Bonchev–Trinajstić information content (AvgIpc) is 3.11. The number of aryl methyl sites for hydroxylation is 2. The molecule has 2 heterocycles. The number of hydrogen-bond donors (Lipinski definition) is 1. The van der Waals surface area contributed by atoms with Crippen molar-refractivity contribution in [2.45, 2.75) is 20.4 Å². The third-order valence-corrected chi connectivity index (χ3v) is 4.98. The van der Waals surface area contributed by atoms with Gasteiger partial charge in [-0.3, -0.25) is 9.48 Å². The Morgan fingerprint density at radius 2 is 1.91 bits per heavy atom. The third kappa shape index (κ3) is 3.19. The van der Waals surface area contributed by atoms with Crippen molar-refractivity contribution >= 4 is 17.2 Å². The van der Waals surface area contributed by atoms with E-state index in [0.29, 0.717) is 6.54 Å². The smallest absolute Gasteiger partial charge is 0.261 e. The largest absolute Gasteiger partial charge is 0.347 e. The molecule has 2 aromatic heterocycles. The molecule has 0 unspecified atom stereocenters. The number of nitrogens with one attached hydrogen (secondary N) is 1. The number of aromatic nitrogens is 2. The molecule has 0 spiro atoms. The number of rotatable bonds is 4. The molecule has 0 atom stereocenters. The van der Waals surface area contributed by atoms with Crippen LogP contribution in [0.1, 0.15) is 26.6 Å². The monoisotopic (exact) mass is 325 g/mol. The molecular formula is C18H19N3OS. The van der Waals surface area contributed by atoms with Crippen molar-refractivity contribution in [3.05, 3.63) is 64.3 Å². The highest BCUT2D eigenvalue weighted by Crippen LogP contribution is 2.32. The van der Waals surface area contributed by atoms with Gasteiger partial charge in [-0.1, -0.05) is 30.3 Å². The Morgan fingerprint density at radius 1 is 1.17 bits per heavy atom. The van der Waals surface area contributed by atoms with Crippen molar-refractivity contribution in [2.75, 3.05) is 0 Å². The van der Waals surface area contributed by atoms with Gasteiger partial charge in [-0.2, -0.15) is 5.10 Å². The maximum Gasteiger partial charge on any atom is 0.261 e. The van der Waals surface area contributed by atoms with Crippen molar-refractivity contribution in [1.29, 1.82) is 0 Å². The zero-order chi connectivity index (χ0) is 16.4. The quantitative estimate of drug-likeness (QED) is 0.795. The zero-order valence-electron chi connectivity index (χ0n) is 13.5. The molecule has 0 aliphatic carbocycles. The highest BCUT2D eigenvalue weighted by molar-refractivity contribution is 7.17. The van der Waals surface area contributed by atoms with Gasteiger partial charge in [-0.05, 0) is 31.5 Å². The first-order chi connectivity index (χ1) is 11.1. The molecule has 0 bridgehead atoms. The van der Waals surface area contributed by atoms with Gasteiger partial charge in [-0.15, -0.1) is 11.3 Å². The summed E-state index contributed by atoms with van der Waals surface area (Å²) in [6, 6.07) is 13.8. The van der Waals surface area contributed by atoms with Gasteiger partial charge >= 0.3 is 0 Å². The van der Waals surface area contributed by atoms with E-state index in [0.717, 1.165) is 32.3 Å². The number of carbonyl (C=O) groups is 1. The molecule has 4 nitrogen and oxygen atoms in total. The lowest BCUT2D eigenvalue weighted by Crippen LogP contribution is -2.21. The van der Waals surface area contributed by atoms with E-state index in [1.54, 1.807) is 0 Å². The summed E-state index contributed by atoms with van der Waals surface area (Å²) in [5.74, 6) is -0.0377. The average molecular weight is 325 g/mol. The number of thiophene rings is 1. The van der Waals surface area contributed by atoms with Gasteiger partial charge in [0, 0.05) is 29.7 Å². The summed E-state index contributed by atoms with van der Waals surface area (Å²) in [5, 5.41) is 7.40. The maximum atomic E-state index is 12.3. The molecule has 1 amide bonds. The lowest BCUT2D eigenvalue weighted by molar-refractivity contribution is 0.0955. The molecule has 0 aliphatic heterocycles. The van der Waals surface area contributed by atoms with Crippen molar-refractivity contribution in [1.82, 2.24) is 15.1 Å². The van der Waals surface area contributed by atoms with Crippen molar-refractivity contribution in [3.8, 4) is 10.4 Å². The minimum atomic E-state index is -0.0377. The van der Waals surface area contributed by atoms with Crippen LogP contribution in [0.2, 0.25) is 0 Å². The van der Waals surface area contributed by atoms with Gasteiger partial charge in [0.05, 0.1) is 10.6 Å². The summed E-state index contributed by atoms with van der Waals surface area (Å²) in [6.07, 6.45) is 0. The standard InChI is InChI=1S/C18H19N3OS/c1-12-17(13(2)21(3)20-12)15-9-10-16(23-15)18(22)19-11-14-7-5-4-6-8-14/h4-10H,11H2,1-3H3,(H,19,22). The molecule has 0 aliphatic rings. The Labute approximate surface area is 139 Å². The van der Waals surface area contributed by atoms with Gasteiger partial charge in [0.15, 0.2) is 0 Å². The van der Waals surface area contributed by atoms with Crippen molar-refractivity contribution < 1.29 is 4.79 Å². The summed E-state index contributed by atoms with van der Waals surface area (Å²) in [5.41, 5.74) is 4.32. The second-order valence-corrected chi connectivity index (χ2v) is 6.59. The molecule has 1 aromatic carbocycles. The Morgan fingerprint density at radius 3 is 2.57 bits per heavy atom. The second-order valence-electron chi connectivity index (χ2n) is 5.50. The molecular weight excluding hydrogens is 306 g/mol. The number of hydrogen-bond acceptors (Lipinski definition) is 3. The topological polar surface area (TPSA) is 46.9 Å². The molecule has 0 saturated carbocycles. The van der Waals surface area contributed by atoms with E-state index in [4.69, 9.17) is 0 Å². The van der Waals surface area contributed by atoms with E-state index in [1.807, 2.05) is 68.0 Å². The lowest BCUT2D eigenvalue weighted by atomic mass is 10.1. The van der Waals surface area contributed by atoms with Gasteiger partial charge in [0.1, 0.15) is 0 Å². The number of nitrogens with zero attached hydrogens (tertiary/aromatic N) is 2. The third-order valence-electron chi connectivity index (χ3n) is 3.88. The summed E-state index contributed by atoms with van der Waals surface area (Å²) in [6.45, 7) is 4.58. The first kappa shape index (κ1) is 15.5. The zero-order valence-corrected chi connectivity index (χ0v) is 14.3. The first-order valence-electron chi connectivity index (χ1n) is 7.49. The minimum Gasteiger partial charge on any atom is -0.347 e. The van der Waals surface area contributed by atoms with Crippen LogP contribution < -0.4 is 5.32 Å². The van der Waals surface area contributed by atoms with Crippen LogP contribution in [-0.2, 0) is 13.6 Å². The minimum absolute atomic E-state index is 0.0377. The summed E-state index contributed by atoms with van der Waals surface area (Å²) < 4.78 is 1.87. The molecule has 23 heavy (non-hydrogen) atoms. The summed E-state index contributed by atoms with van der Waals surface area (Å²) in [7, 11) is 1.94. The molecule has 0 fully saturated rings. The molecule has 3 aromatic rings. The Bertz CT molecular complexity index is 833. The summed E-state index contributed by atoms with van der Waals surface area (Å²) in [4.78, 5) is 14.1. The molecule has 5 heteroatoms. The molecule has 0 radical (unpaired) electrons. The van der Waals surface area contributed by atoms with E-state index in [9.17, 15) is 4.79 Å². The van der Waals surface area contributed by atoms with Crippen LogP contribution in [0.5, 0.6) is 0 Å². The van der Waals surface area contributed by atoms with Crippen LogP contribution in [0.25, 0.3) is 10.4 Å². The number of carbonyl (C=O) groups excluding carboxylic acids is 1. The lowest BCUT2D eigenvalue weighted by Gasteiger charge is -2.03. The Kier molecular flexibility index (Phi) is 4.30. The number of amides is 1. The van der Waals surface area contributed by atoms with Gasteiger partial charge in [-0.25, -0.2) is 0 Å². The van der Waals surface area contributed by atoms with E-state index in [1.165, 1.54) is 11.3 Å². The fourth-order valence-corrected chi connectivity index (χ4v) is 3.66. The predicted molar refractivity (Wildman–Crippen MR) is 93.6 cm³/mol. The van der Waals surface area contributed by atoms with E-state index in [-0.39, 0.29) is 5.91 Å². The van der Waals surface area contributed by atoms with Crippen LogP contribution in [-0.4, -0.2) is 15.7 Å². The van der Waals surface area contributed by atoms with Crippen LogP contribution in [0.4, 0.5) is 0 Å². The molecule has 0 saturated heterocycles. The van der Waals surface area contributed by atoms with E-state index < -0.39 is 0 Å². The highest BCUT2D eigenvalue weighted by atomic mass is 32.1. The van der Waals surface area contributed by atoms with Crippen LogP contribution in [0, 0.1) is 13.8 Å². The van der Waals surface area contributed by atoms with Gasteiger partial charge < -0.3 is 5.32 Å². The van der Waals surface area contributed by atoms with Crippen molar-refractivity contribution in [3.63, 3.8) is 0 Å². The Balaban J connectivity index is 1.75. The van der Waals surface area contributed by atoms with Crippen LogP contribution >= 0.6 is 11.3 Å². The van der Waals surface area contributed by atoms with E-state index in [2.05, 4.69) is 10.4 Å². The van der Waals surface area contributed by atoms with Crippen LogP contribution in [0.3, 0.4) is 0 Å². The number of benzene rings is 1. The van der Waals surface area contributed by atoms with Gasteiger partial charge in [0.25, 0.3) is 5.91 Å². The van der Waals surface area contributed by atoms with Gasteiger partial charge in [0.2, 0.25) is 0 Å². The molecule has 1 N–H and O–H groups in total. The summed E-state index contributed by atoms with van der Waals surface area (Å²) >= 11 is 1.51. The van der Waals surface area contributed by atoms with Crippen LogP contribution in [0.15, 0.2) is 42.5 Å². The predicted octanol–water partition coefficient (Wildman–Crippen LogP) is 3.70. The maximum absolute atomic E-state index is 12.3. The fourth-order valence-electron chi connectivity index (χ4n) is 2.59. The van der Waals surface area contributed by atoms with Crippen molar-refractivity contribution in [2.24, 2.45) is 7.05 Å². The molecule has 118 valence electrons.